The second-order valence-corrected chi connectivity index (χ2v) is 3.27. The first-order valence-corrected chi connectivity index (χ1v) is 3.84. The number of alkyl halides is 9. The van der Waals surface area contributed by atoms with Crippen LogP contribution in [0.2, 0.25) is 0 Å². The molecule has 0 saturated heterocycles. The number of carbonyl (C=O) groups is 1. The molecule has 1 aliphatic carbocycles. The van der Waals surface area contributed by atoms with E-state index in [2.05, 4.69) is 0 Å². The van der Waals surface area contributed by atoms with E-state index in [1.807, 2.05) is 0 Å². The summed E-state index contributed by atoms with van der Waals surface area (Å²) in [6.45, 7) is 0. The maximum atomic E-state index is 12.2. The minimum atomic E-state index is -6.35. The molecule has 0 spiro atoms. The molecule has 0 fully saturated rings. The van der Waals surface area contributed by atoms with Crippen molar-refractivity contribution in [1.29, 1.82) is 0 Å². The highest BCUT2D eigenvalue weighted by Crippen LogP contribution is 2.71. The van der Waals surface area contributed by atoms with Gasteiger partial charge in [0.2, 0.25) is 5.41 Å². The van der Waals surface area contributed by atoms with Gasteiger partial charge in [-0.15, -0.1) is 0 Å². The van der Waals surface area contributed by atoms with Gasteiger partial charge in [-0.3, -0.25) is 4.79 Å². The Balaban J connectivity index is 3.50. The van der Waals surface area contributed by atoms with Gasteiger partial charge in [0.25, 0.3) is 0 Å². The molecule has 0 amide bonds. The first kappa shape index (κ1) is 14.8. The first-order valence-electron chi connectivity index (χ1n) is 3.84. The third kappa shape index (κ3) is 1.75. The second kappa shape index (κ2) is 3.38. The van der Waals surface area contributed by atoms with Gasteiger partial charge >= 0.3 is 24.6 Å². The summed E-state index contributed by atoms with van der Waals surface area (Å²) in [7, 11) is 0. The lowest BCUT2D eigenvalue weighted by atomic mass is 9.97. The molecule has 1 rings (SSSR count). The molecular formula is C7F10O. The molecule has 0 aromatic heterocycles. The molecule has 0 radical (unpaired) electrons. The van der Waals surface area contributed by atoms with E-state index in [-0.39, 0.29) is 0 Å². The van der Waals surface area contributed by atoms with Gasteiger partial charge in [0.15, 0.2) is 0 Å². The zero-order chi connectivity index (χ0) is 14.7. The van der Waals surface area contributed by atoms with Crippen LogP contribution in [-0.4, -0.2) is 24.6 Å². The van der Waals surface area contributed by atoms with Crippen LogP contribution in [0.1, 0.15) is 0 Å². The predicted octanol–water partition coefficient (Wildman–Crippen LogP) is 3.47. The molecule has 0 saturated carbocycles. The van der Waals surface area contributed by atoms with Gasteiger partial charge in [-0.1, -0.05) is 0 Å². The van der Waals surface area contributed by atoms with Crippen molar-refractivity contribution < 1.29 is 48.7 Å². The maximum Gasteiger partial charge on any atom is 0.414 e. The van der Waals surface area contributed by atoms with Crippen LogP contribution in [0, 0.1) is 5.41 Å². The summed E-state index contributed by atoms with van der Waals surface area (Å²) in [6.07, 6.45) is -18.6. The van der Waals surface area contributed by atoms with E-state index in [0.29, 0.717) is 0 Å². The zero-order valence-electron chi connectivity index (χ0n) is 7.69. The molecule has 0 N–H and O–H groups in total. The number of halogens is 10. The fourth-order valence-electron chi connectivity index (χ4n) is 1.58. The van der Waals surface area contributed by atoms with Gasteiger partial charge in [-0.25, -0.2) is 0 Å². The summed E-state index contributed by atoms with van der Waals surface area (Å²) in [6, 6.07) is -3.75. The third-order valence-electron chi connectivity index (χ3n) is 2.22. The first-order chi connectivity index (χ1) is 7.68. The highest BCUT2D eigenvalue weighted by molar-refractivity contribution is 5.93. The molecule has 0 atom stereocenters. The molecule has 1 aliphatic rings. The Labute approximate surface area is 91.1 Å². The molecule has 11 heteroatoms. The Kier molecular flexibility index (Phi) is 2.77. The summed E-state index contributed by atoms with van der Waals surface area (Å²) in [5, 5.41) is 0. The van der Waals surface area contributed by atoms with E-state index in [4.69, 9.17) is 0 Å². The summed E-state index contributed by atoms with van der Waals surface area (Å²) >= 11 is 0. The average molecular weight is 290 g/mol. The van der Waals surface area contributed by atoms with E-state index in [1.165, 1.54) is 0 Å². The Hall–Kier alpha value is -1.29. The topological polar surface area (TPSA) is 17.1 Å². The van der Waals surface area contributed by atoms with Gasteiger partial charge in [0.05, 0.1) is 11.1 Å². The van der Waals surface area contributed by atoms with Crippen LogP contribution in [0.25, 0.3) is 0 Å². The van der Waals surface area contributed by atoms with Crippen LogP contribution in [0.15, 0.2) is 11.1 Å². The standard InChI is InChI=1S/C7F10O/c8-3(18)4(7(15,16)17)1(5(9,10)11)2(4)6(12,13)14. The van der Waals surface area contributed by atoms with E-state index >= 15 is 0 Å². The quantitative estimate of drug-likeness (QED) is 0.410. The van der Waals surface area contributed by atoms with E-state index in [9.17, 15) is 48.7 Å². The maximum absolute atomic E-state index is 12.2. The van der Waals surface area contributed by atoms with Crippen molar-refractivity contribution in [2.75, 3.05) is 0 Å². The highest BCUT2D eigenvalue weighted by Gasteiger charge is 2.86. The molecule has 0 bridgehead atoms. The lowest BCUT2D eigenvalue weighted by Crippen LogP contribution is -2.39. The number of hydrogen-bond acceptors (Lipinski definition) is 1. The molecule has 0 aliphatic heterocycles. The van der Waals surface area contributed by atoms with E-state index in [0.717, 1.165) is 0 Å². The monoisotopic (exact) mass is 290 g/mol. The largest absolute Gasteiger partial charge is 0.414 e. The summed E-state index contributed by atoms with van der Waals surface area (Å²) in [5.74, 6) is 0. The number of carbonyl (C=O) groups excluding carboxylic acids is 1. The predicted molar refractivity (Wildman–Crippen MR) is 33.7 cm³/mol. The highest BCUT2D eigenvalue weighted by atomic mass is 19.4. The third-order valence-corrected chi connectivity index (χ3v) is 2.22. The molecule has 1 nitrogen and oxygen atoms in total. The Morgan fingerprint density at radius 2 is 1.06 bits per heavy atom. The molecule has 0 aromatic rings. The Bertz CT molecular complexity index is 395. The molecule has 0 aromatic carbocycles. The van der Waals surface area contributed by atoms with Crippen molar-refractivity contribution in [3.63, 3.8) is 0 Å². The molecule has 104 valence electrons. The number of rotatable bonds is 1. The van der Waals surface area contributed by atoms with Gasteiger partial charge < -0.3 is 0 Å². The zero-order valence-corrected chi connectivity index (χ0v) is 7.69. The van der Waals surface area contributed by atoms with Gasteiger partial charge in [-0.2, -0.15) is 43.9 Å². The Morgan fingerprint density at radius 3 is 1.11 bits per heavy atom. The van der Waals surface area contributed by atoms with Gasteiger partial charge in [-0.05, 0) is 0 Å². The molecule has 18 heavy (non-hydrogen) atoms. The number of hydrogen-bond donors (Lipinski definition) is 0. The lowest BCUT2D eigenvalue weighted by Gasteiger charge is -2.19. The number of allylic oxidation sites excluding steroid dienone is 2. The van der Waals surface area contributed by atoms with Crippen LogP contribution in [0.3, 0.4) is 0 Å². The van der Waals surface area contributed by atoms with E-state index in [1.54, 1.807) is 0 Å². The normalized spacial score (nSPS) is 20.1. The minimum absolute atomic E-state index is 3.25. The van der Waals surface area contributed by atoms with Crippen molar-refractivity contribution in [1.82, 2.24) is 0 Å². The summed E-state index contributed by atoms with van der Waals surface area (Å²) in [4.78, 5) is 10.1. The summed E-state index contributed by atoms with van der Waals surface area (Å²) in [5.41, 5.74) is -11.7. The fourth-order valence-corrected chi connectivity index (χ4v) is 1.58. The van der Waals surface area contributed by atoms with Crippen LogP contribution in [0.4, 0.5) is 43.9 Å². The molecule has 0 heterocycles. The van der Waals surface area contributed by atoms with Crippen molar-refractivity contribution >= 4 is 6.04 Å². The van der Waals surface area contributed by atoms with Crippen LogP contribution < -0.4 is 0 Å². The van der Waals surface area contributed by atoms with Crippen molar-refractivity contribution in [3.05, 3.63) is 11.1 Å². The molecular weight excluding hydrogens is 290 g/mol. The van der Waals surface area contributed by atoms with Gasteiger partial charge in [0, 0.05) is 0 Å². The van der Waals surface area contributed by atoms with Crippen molar-refractivity contribution in [2.24, 2.45) is 5.41 Å². The smallest absolute Gasteiger partial charge is 0.259 e. The van der Waals surface area contributed by atoms with E-state index < -0.39 is 41.1 Å². The van der Waals surface area contributed by atoms with Crippen molar-refractivity contribution in [2.45, 2.75) is 18.5 Å². The lowest BCUT2D eigenvalue weighted by molar-refractivity contribution is -0.211. The van der Waals surface area contributed by atoms with Gasteiger partial charge in [0.1, 0.15) is 0 Å². The minimum Gasteiger partial charge on any atom is -0.259 e. The Morgan fingerprint density at radius 1 is 0.778 bits per heavy atom. The fraction of sp³-hybridized carbons (Fsp3) is 0.571. The summed E-state index contributed by atoms with van der Waals surface area (Å²) < 4.78 is 121. The van der Waals surface area contributed by atoms with Crippen LogP contribution >= 0.6 is 0 Å². The molecule has 0 unspecified atom stereocenters. The SMILES string of the molecule is O=C(F)C1(C(F)(F)F)C(C(F)(F)F)=C1C(F)(F)F. The second-order valence-electron chi connectivity index (χ2n) is 3.27. The average Bonchev–Trinajstić information content (AvgIpc) is 2.68. The van der Waals surface area contributed by atoms with Crippen LogP contribution in [0.5, 0.6) is 0 Å². The van der Waals surface area contributed by atoms with Crippen molar-refractivity contribution in [3.8, 4) is 0 Å². The van der Waals surface area contributed by atoms with Crippen LogP contribution in [-0.2, 0) is 4.79 Å².